The number of aliphatic hydroxyl groups is 1. The first-order chi connectivity index (χ1) is 45.0. The van der Waals surface area contributed by atoms with Crippen molar-refractivity contribution in [3.05, 3.63) is 164 Å². The number of hydrogen-bond acceptors (Lipinski definition) is 17. The number of cyclic esters (lactones) is 1. The molecule has 488 valence electrons. The van der Waals surface area contributed by atoms with Crippen molar-refractivity contribution in [2.24, 2.45) is 5.92 Å². The van der Waals surface area contributed by atoms with E-state index in [1.807, 2.05) is 74.5 Å². The third-order valence-electron chi connectivity index (χ3n) is 16.8. The highest BCUT2D eigenvalue weighted by atomic mass is 32.2. The molecule has 2 aliphatic heterocycles. The van der Waals surface area contributed by atoms with Crippen LogP contribution < -0.4 is 36.9 Å². The van der Waals surface area contributed by atoms with E-state index >= 15 is 0 Å². The second kappa shape index (κ2) is 28.3. The van der Waals surface area contributed by atoms with Crippen molar-refractivity contribution in [1.82, 2.24) is 45.7 Å². The van der Waals surface area contributed by atoms with Crippen LogP contribution in [0.1, 0.15) is 123 Å². The zero-order valence-corrected chi connectivity index (χ0v) is 53.8. The van der Waals surface area contributed by atoms with Gasteiger partial charge in [-0.25, -0.2) is 33.0 Å². The van der Waals surface area contributed by atoms with Crippen molar-refractivity contribution in [1.29, 1.82) is 0 Å². The van der Waals surface area contributed by atoms with Gasteiger partial charge in [0.15, 0.2) is 11.7 Å². The van der Waals surface area contributed by atoms with Crippen molar-refractivity contribution in [2.75, 3.05) is 31.2 Å². The number of carbonyl (C=O) groups is 7. The van der Waals surface area contributed by atoms with Crippen LogP contribution in [0, 0.1) is 17.8 Å². The summed E-state index contributed by atoms with van der Waals surface area (Å²) in [6.07, 6.45) is 3.67. The Hall–Kier alpha value is -10.3. The van der Waals surface area contributed by atoms with Crippen LogP contribution in [-0.4, -0.2) is 118 Å². The normalized spacial score (nSPS) is 14.9. The van der Waals surface area contributed by atoms with E-state index in [0.29, 0.717) is 64.3 Å². The molecule has 0 saturated carbocycles. The second-order valence-electron chi connectivity index (χ2n) is 23.5. The molecule has 7 aromatic rings. The zero-order chi connectivity index (χ0) is 67.2. The minimum atomic E-state index is -3.55. The van der Waals surface area contributed by atoms with Gasteiger partial charge in [0, 0.05) is 77.9 Å². The van der Waals surface area contributed by atoms with Crippen LogP contribution in [0.2, 0.25) is 0 Å². The SMILES string of the molecule is CCc1c2c(nc3ccc(OCc4ccc(NC(=O)[C@H](C)NC(=O)[C@@H](NC(=O)CNC(=O)CNC(=O)CCCC#Cc5cnc(S(C)(=O)=O)nc5)C(C)C)cc4CN(CC)C(=O)OC4c5ccccc5-c5ccccc54)cc13)-c1cc3c(c(=O)n1C2)COC(=O)[C@]3(O)CC. The smallest absolute Gasteiger partial charge is 0.411 e. The minimum absolute atomic E-state index is 0.0133. The van der Waals surface area contributed by atoms with Gasteiger partial charge in [0.2, 0.25) is 44.5 Å². The fourth-order valence-electron chi connectivity index (χ4n) is 11.7. The Morgan fingerprint density at radius 2 is 1.52 bits per heavy atom. The van der Waals surface area contributed by atoms with E-state index < -0.39 is 94.2 Å². The molecular weight excluding hydrogens is 1220 g/mol. The summed E-state index contributed by atoms with van der Waals surface area (Å²) in [5.41, 5.74) is 7.33. The van der Waals surface area contributed by atoms with Gasteiger partial charge >= 0.3 is 12.1 Å². The highest BCUT2D eigenvalue weighted by Gasteiger charge is 2.46. The number of sulfone groups is 1. The number of anilines is 1. The largest absolute Gasteiger partial charge is 0.489 e. The summed E-state index contributed by atoms with van der Waals surface area (Å²) < 4.78 is 42.9. The molecule has 0 saturated heterocycles. The molecule has 24 nitrogen and oxygen atoms in total. The number of rotatable bonds is 23. The van der Waals surface area contributed by atoms with Crippen LogP contribution in [0.5, 0.6) is 5.75 Å². The van der Waals surface area contributed by atoms with Gasteiger partial charge in [-0.2, -0.15) is 0 Å². The number of hydrogen-bond donors (Lipinski definition) is 6. The number of carbonyl (C=O) groups excluding carboxylic acids is 7. The summed E-state index contributed by atoms with van der Waals surface area (Å²) in [5, 5.41) is 25.0. The van der Waals surface area contributed by atoms with Crippen molar-refractivity contribution in [2.45, 2.75) is 129 Å². The lowest BCUT2D eigenvalue weighted by molar-refractivity contribution is -0.172. The zero-order valence-electron chi connectivity index (χ0n) is 53.0. The highest BCUT2D eigenvalue weighted by molar-refractivity contribution is 7.90. The molecule has 0 spiro atoms. The third-order valence-corrected chi connectivity index (χ3v) is 17.7. The van der Waals surface area contributed by atoms with Gasteiger partial charge in [0.1, 0.15) is 31.0 Å². The molecule has 25 heteroatoms. The number of esters is 1. The van der Waals surface area contributed by atoms with E-state index in [9.17, 15) is 51.9 Å². The lowest BCUT2D eigenvalue weighted by Crippen LogP contribution is -2.55. The fraction of sp³-hybridized carbons (Fsp3) is 0.348. The first kappa shape index (κ1) is 66.6. The number of nitrogens with zero attached hydrogens (tertiary/aromatic N) is 5. The predicted molar refractivity (Wildman–Crippen MR) is 346 cm³/mol. The van der Waals surface area contributed by atoms with E-state index in [0.717, 1.165) is 45.0 Å². The molecule has 94 heavy (non-hydrogen) atoms. The summed E-state index contributed by atoms with van der Waals surface area (Å²) in [7, 11) is -3.55. The van der Waals surface area contributed by atoms with Crippen LogP contribution >= 0.6 is 0 Å². The molecule has 3 aliphatic rings. The number of pyridine rings is 2. The van der Waals surface area contributed by atoms with E-state index in [4.69, 9.17) is 19.2 Å². The summed E-state index contributed by atoms with van der Waals surface area (Å²) in [6.45, 7) is 9.74. The van der Waals surface area contributed by atoms with Gasteiger partial charge < -0.3 is 55.4 Å². The van der Waals surface area contributed by atoms with Gasteiger partial charge in [0.05, 0.1) is 47.7 Å². The van der Waals surface area contributed by atoms with Crippen LogP contribution in [0.3, 0.4) is 0 Å². The fourth-order valence-corrected chi connectivity index (χ4v) is 12.2. The number of aromatic nitrogens is 4. The van der Waals surface area contributed by atoms with E-state index in [1.165, 1.54) is 19.3 Å². The van der Waals surface area contributed by atoms with Crippen molar-refractivity contribution in [3.8, 4) is 40.1 Å². The highest BCUT2D eigenvalue weighted by Crippen LogP contribution is 2.46. The summed E-state index contributed by atoms with van der Waals surface area (Å²) in [5.74, 6) is 1.87. The summed E-state index contributed by atoms with van der Waals surface area (Å²) in [4.78, 5) is 121. The second-order valence-corrected chi connectivity index (χ2v) is 25.4. The molecule has 5 heterocycles. The van der Waals surface area contributed by atoms with E-state index in [2.05, 4.69) is 48.4 Å². The standard InChI is InChI=1S/C69H72N10O14S/c1-8-46-51-29-45(26-27-55(51)76-61-52(46)36-79-56(61)30-54-53(65(79)85)38-92-66(86)69(54,88)9-2)91-37-42-24-25-44(28-43(42)35-78(10-3)68(87)93-62-49-21-16-14-19-47(49)48-20-15-17-22-50(48)62)75-63(83)40(6)74-64(84)60(39(4)5)77-59(82)34-71-58(81)33-70-57(80)23-13-11-12-18-41-31-72-67(73-32-41)94(7,89)90/h14-17,19-22,24-32,39-40,60,62,88H,8-11,13,23,33-38H2,1-7H3,(H,70,80)(H,71,81)(H,74,84)(H,75,83)(H,77,82)/t40-,60-,69-/m0/s1. The number of aryl methyl sites for hydroxylation is 1. The molecule has 4 aromatic carbocycles. The lowest BCUT2D eigenvalue weighted by atomic mass is 9.86. The third kappa shape index (κ3) is 14.3. The summed E-state index contributed by atoms with van der Waals surface area (Å²) >= 11 is 0. The predicted octanol–water partition coefficient (Wildman–Crippen LogP) is 6.18. The number of amides is 6. The molecule has 0 radical (unpaired) electrons. The molecule has 6 amide bonds. The molecule has 6 N–H and O–H groups in total. The minimum Gasteiger partial charge on any atom is -0.489 e. The maximum Gasteiger partial charge on any atom is 0.411 e. The van der Waals surface area contributed by atoms with Crippen molar-refractivity contribution < 1.29 is 61.3 Å². The first-order valence-electron chi connectivity index (χ1n) is 31.0. The Bertz CT molecular complexity index is 4380. The first-order valence-corrected chi connectivity index (χ1v) is 32.8. The van der Waals surface area contributed by atoms with Crippen molar-refractivity contribution >= 4 is 68.0 Å². The molecular formula is C69H72N10O14S. The quantitative estimate of drug-likeness (QED) is 0.0180. The Labute approximate surface area is 542 Å². The van der Waals surface area contributed by atoms with Crippen LogP contribution in [0.15, 0.2) is 113 Å². The Balaban J connectivity index is 0.793. The van der Waals surface area contributed by atoms with Gasteiger partial charge in [-0.1, -0.05) is 94.1 Å². The molecule has 0 fully saturated rings. The van der Waals surface area contributed by atoms with Gasteiger partial charge in [-0.3, -0.25) is 28.8 Å². The summed E-state index contributed by atoms with van der Waals surface area (Å²) in [6, 6.07) is 25.7. The topological polar surface area (TPSA) is 326 Å². The molecule has 3 atom stereocenters. The average Bonchev–Trinajstić information content (AvgIpc) is 1.50. The number of benzene rings is 4. The molecule has 10 rings (SSSR count). The van der Waals surface area contributed by atoms with Gasteiger partial charge in [-0.15, -0.1) is 0 Å². The van der Waals surface area contributed by atoms with Gasteiger partial charge in [0.25, 0.3) is 5.56 Å². The Morgan fingerprint density at radius 3 is 2.19 bits per heavy atom. The van der Waals surface area contributed by atoms with Gasteiger partial charge in [-0.05, 0) is 103 Å². The van der Waals surface area contributed by atoms with Crippen molar-refractivity contribution in [3.63, 3.8) is 0 Å². The Kier molecular flexibility index (Phi) is 20.0. The number of fused-ring (bicyclic) bond motifs is 8. The number of unbranched alkanes of at least 4 members (excludes halogenated alkanes) is 1. The maximum absolute atomic E-state index is 14.4. The number of ether oxygens (including phenoxy) is 3. The maximum atomic E-state index is 14.4. The molecule has 1 aliphatic carbocycles. The molecule has 0 bridgehead atoms. The number of nitrogens with one attached hydrogen (secondary N) is 5. The molecule has 3 aromatic heterocycles. The monoisotopic (exact) mass is 1300 g/mol. The van der Waals surface area contributed by atoms with E-state index in [-0.39, 0.29) is 67.5 Å². The van der Waals surface area contributed by atoms with Crippen LogP contribution in [0.4, 0.5) is 10.5 Å². The molecule has 0 unspecified atom stereocenters. The van der Waals surface area contributed by atoms with Crippen LogP contribution in [-0.2, 0) is 86.4 Å². The average molecular weight is 1300 g/mol. The lowest BCUT2D eigenvalue weighted by Gasteiger charge is -2.31. The Morgan fingerprint density at radius 1 is 0.830 bits per heavy atom. The van der Waals surface area contributed by atoms with Crippen LogP contribution in [0.25, 0.3) is 33.4 Å². The van der Waals surface area contributed by atoms with E-state index in [1.54, 1.807) is 60.6 Å².